The first-order valence-electron chi connectivity index (χ1n) is 10.3. The standard InChI is InChI=1S/C20H36N6/c1-17-6-4-10-24(14-17)11-5-8-23-20(21-3)25-12-7-18(2)19(15-25)26-13-9-22-16-26/h9,13,16-19H,4-8,10-12,14-15H2,1-3H3,(H,21,23). The molecule has 1 aromatic rings. The van der Waals surface area contributed by atoms with Crippen molar-refractivity contribution >= 4 is 5.96 Å². The van der Waals surface area contributed by atoms with Crippen LogP contribution in [0, 0.1) is 11.8 Å². The molecule has 0 amide bonds. The molecule has 6 nitrogen and oxygen atoms in total. The number of piperidine rings is 2. The van der Waals surface area contributed by atoms with Gasteiger partial charge in [-0.1, -0.05) is 13.8 Å². The van der Waals surface area contributed by atoms with E-state index in [0.717, 1.165) is 31.5 Å². The number of hydrogen-bond acceptors (Lipinski definition) is 3. The molecule has 0 radical (unpaired) electrons. The molecule has 3 unspecified atom stereocenters. The molecule has 0 aromatic carbocycles. The Labute approximate surface area is 158 Å². The summed E-state index contributed by atoms with van der Waals surface area (Å²) in [5, 5.41) is 3.59. The van der Waals surface area contributed by atoms with Crippen molar-refractivity contribution in [2.45, 2.75) is 45.6 Å². The fraction of sp³-hybridized carbons (Fsp3) is 0.800. The molecule has 146 valence electrons. The van der Waals surface area contributed by atoms with Crippen molar-refractivity contribution < 1.29 is 0 Å². The highest BCUT2D eigenvalue weighted by atomic mass is 15.3. The number of hydrogen-bond donors (Lipinski definition) is 1. The van der Waals surface area contributed by atoms with Crippen molar-refractivity contribution in [3.63, 3.8) is 0 Å². The average molecular weight is 361 g/mol. The van der Waals surface area contributed by atoms with Crippen LogP contribution in [0.2, 0.25) is 0 Å². The van der Waals surface area contributed by atoms with Crippen LogP contribution in [0.15, 0.2) is 23.7 Å². The Kier molecular flexibility index (Phi) is 6.94. The van der Waals surface area contributed by atoms with E-state index in [-0.39, 0.29) is 0 Å². The summed E-state index contributed by atoms with van der Waals surface area (Å²) in [5.74, 6) is 2.58. The molecule has 1 N–H and O–H groups in total. The van der Waals surface area contributed by atoms with Gasteiger partial charge in [0, 0.05) is 45.6 Å². The molecular weight excluding hydrogens is 324 g/mol. The van der Waals surface area contributed by atoms with Crippen molar-refractivity contribution in [1.82, 2.24) is 24.7 Å². The summed E-state index contributed by atoms with van der Waals surface area (Å²) in [6, 6.07) is 0.472. The molecule has 2 aliphatic heterocycles. The third-order valence-electron chi connectivity index (χ3n) is 6.01. The predicted octanol–water partition coefficient (Wildman–Crippen LogP) is 2.46. The van der Waals surface area contributed by atoms with Crippen LogP contribution in [0.3, 0.4) is 0 Å². The molecule has 26 heavy (non-hydrogen) atoms. The van der Waals surface area contributed by atoms with Crippen molar-refractivity contribution in [1.29, 1.82) is 0 Å². The zero-order valence-corrected chi connectivity index (χ0v) is 16.8. The number of aliphatic imine (C=N–C) groups is 1. The zero-order valence-electron chi connectivity index (χ0n) is 16.8. The summed E-state index contributed by atoms with van der Waals surface area (Å²) >= 11 is 0. The Bertz CT molecular complexity index is 555. The van der Waals surface area contributed by atoms with Crippen molar-refractivity contribution in [3.8, 4) is 0 Å². The fourth-order valence-corrected chi connectivity index (χ4v) is 4.42. The highest BCUT2D eigenvalue weighted by Crippen LogP contribution is 2.27. The maximum absolute atomic E-state index is 4.54. The molecule has 0 spiro atoms. The molecule has 3 atom stereocenters. The summed E-state index contributed by atoms with van der Waals surface area (Å²) in [6.07, 6.45) is 11.0. The van der Waals surface area contributed by atoms with Crippen LogP contribution in [0.25, 0.3) is 0 Å². The maximum Gasteiger partial charge on any atom is 0.193 e. The Morgan fingerprint density at radius 1 is 1.23 bits per heavy atom. The van der Waals surface area contributed by atoms with Gasteiger partial charge < -0.3 is 19.7 Å². The first kappa shape index (κ1) is 19.2. The minimum atomic E-state index is 0.472. The second-order valence-corrected chi connectivity index (χ2v) is 8.16. The monoisotopic (exact) mass is 360 g/mol. The molecule has 0 bridgehead atoms. The molecule has 1 aromatic heterocycles. The Hall–Kier alpha value is -1.56. The normalized spacial score (nSPS) is 28.3. The molecule has 3 rings (SSSR count). The van der Waals surface area contributed by atoms with E-state index in [2.05, 4.69) is 49.7 Å². The topological polar surface area (TPSA) is 48.7 Å². The van der Waals surface area contributed by atoms with Crippen LogP contribution in [0.5, 0.6) is 0 Å². The van der Waals surface area contributed by atoms with Gasteiger partial charge in [-0.2, -0.15) is 0 Å². The summed E-state index contributed by atoms with van der Waals surface area (Å²) in [5.41, 5.74) is 0. The van der Waals surface area contributed by atoms with Crippen molar-refractivity contribution in [3.05, 3.63) is 18.7 Å². The number of nitrogens with zero attached hydrogens (tertiary/aromatic N) is 5. The minimum absolute atomic E-state index is 0.472. The van der Waals surface area contributed by atoms with Crippen LogP contribution in [0.4, 0.5) is 0 Å². The zero-order chi connectivity index (χ0) is 18.4. The van der Waals surface area contributed by atoms with E-state index < -0.39 is 0 Å². The number of guanidine groups is 1. The van der Waals surface area contributed by atoms with E-state index >= 15 is 0 Å². The first-order valence-corrected chi connectivity index (χ1v) is 10.3. The van der Waals surface area contributed by atoms with E-state index in [0.29, 0.717) is 12.0 Å². The summed E-state index contributed by atoms with van der Waals surface area (Å²) < 4.78 is 2.25. The Morgan fingerprint density at radius 3 is 2.85 bits per heavy atom. The van der Waals surface area contributed by atoms with E-state index in [9.17, 15) is 0 Å². The highest BCUT2D eigenvalue weighted by molar-refractivity contribution is 5.80. The second-order valence-electron chi connectivity index (χ2n) is 8.16. The van der Waals surface area contributed by atoms with Gasteiger partial charge in [0.2, 0.25) is 0 Å². The lowest BCUT2D eigenvalue weighted by atomic mass is 9.93. The van der Waals surface area contributed by atoms with Gasteiger partial charge >= 0.3 is 0 Å². The molecule has 2 fully saturated rings. The lowest BCUT2D eigenvalue weighted by molar-refractivity contribution is 0.180. The molecule has 2 aliphatic rings. The van der Waals surface area contributed by atoms with Gasteiger partial charge in [-0.3, -0.25) is 4.99 Å². The average Bonchev–Trinajstić information content (AvgIpc) is 3.17. The van der Waals surface area contributed by atoms with E-state index in [4.69, 9.17) is 0 Å². The SMILES string of the molecule is CN=C(NCCCN1CCCC(C)C1)N1CCC(C)C(n2ccnc2)C1. The van der Waals surface area contributed by atoms with Crippen LogP contribution in [-0.2, 0) is 0 Å². The van der Waals surface area contributed by atoms with Crippen molar-refractivity contribution in [2.24, 2.45) is 16.8 Å². The molecule has 0 saturated carbocycles. The van der Waals surface area contributed by atoms with E-state index in [1.54, 1.807) is 0 Å². The molecular formula is C20H36N6. The summed E-state index contributed by atoms with van der Waals surface area (Å²) in [7, 11) is 1.90. The van der Waals surface area contributed by atoms with Gasteiger partial charge in [0.1, 0.15) is 0 Å². The smallest absolute Gasteiger partial charge is 0.193 e. The van der Waals surface area contributed by atoms with Gasteiger partial charge in [-0.25, -0.2) is 4.98 Å². The first-order chi connectivity index (χ1) is 12.7. The lowest BCUT2D eigenvalue weighted by Gasteiger charge is -2.39. The molecule has 2 saturated heterocycles. The fourth-order valence-electron chi connectivity index (χ4n) is 4.42. The molecule has 0 aliphatic carbocycles. The quantitative estimate of drug-likeness (QED) is 0.498. The third-order valence-corrected chi connectivity index (χ3v) is 6.01. The number of aromatic nitrogens is 2. The molecule has 6 heteroatoms. The number of likely N-dealkylation sites (tertiary alicyclic amines) is 2. The largest absolute Gasteiger partial charge is 0.356 e. The molecule has 3 heterocycles. The third kappa shape index (κ3) is 5.00. The van der Waals surface area contributed by atoms with E-state index in [1.807, 2.05) is 19.6 Å². The van der Waals surface area contributed by atoms with Gasteiger partial charge in [0.05, 0.1) is 12.4 Å². The number of rotatable bonds is 5. The maximum atomic E-state index is 4.54. The van der Waals surface area contributed by atoms with Crippen molar-refractivity contribution in [2.75, 3.05) is 46.3 Å². The number of nitrogens with one attached hydrogen (secondary N) is 1. The lowest BCUT2D eigenvalue weighted by Crippen LogP contribution is -2.49. The minimum Gasteiger partial charge on any atom is -0.356 e. The van der Waals surface area contributed by atoms with Crippen LogP contribution < -0.4 is 5.32 Å². The summed E-state index contributed by atoms with van der Waals surface area (Å²) in [6.45, 7) is 11.5. The predicted molar refractivity (Wildman–Crippen MR) is 107 cm³/mol. The van der Waals surface area contributed by atoms with Gasteiger partial charge in [-0.05, 0) is 50.6 Å². The Morgan fingerprint density at radius 2 is 2.12 bits per heavy atom. The van der Waals surface area contributed by atoms with Crippen LogP contribution in [0.1, 0.15) is 45.6 Å². The number of imidazole rings is 1. The Balaban J connectivity index is 1.45. The van der Waals surface area contributed by atoms with E-state index in [1.165, 1.54) is 45.3 Å². The van der Waals surface area contributed by atoms with Gasteiger partial charge in [-0.15, -0.1) is 0 Å². The highest BCUT2D eigenvalue weighted by Gasteiger charge is 2.28. The second kappa shape index (κ2) is 9.40. The van der Waals surface area contributed by atoms with Gasteiger partial charge in [0.15, 0.2) is 5.96 Å². The summed E-state index contributed by atoms with van der Waals surface area (Å²) in [4.78, 5) is 13.8. The van der Waals surface area contributed by atoms with Crippen LogP contribution in [-0.4, -0.2) is 71.6 Å². The van der Waals surface area contributed by atoms with Gasteiger partial charge in [0.25, 0.3) is 0 Å². The van der Waals surface area contributed by atoms with Crippen LogP contribution >= 0.6 is 0 Å².